The second-order valence-electron chi connectivity index (χ2n) is 8.20. The Kier molecular flexibility index (Phi) is 8.33. The van der Waals surface area contributed by atoms with Crippen molar-refractivity contribution in [2.75, 3.05) is 32.8 Å². The van der Waals surface area contributed by atoms with Gasteiger partial charge in [0.1, 0.15) is 11.5 Å². The number of nitrogens with zero attached hydrogens (tertiary/aromatic N) is 2. The average Bonchev–Trinajstić information content (AvgIpc) is 3.36. The number of aliphatic hydroxyl groups excluding tert-OH is 1. The largest absolute Gasteiger partial charge is 0.503 e. The number of ketones is 1. The molecule has 1 aliphatic rings. The van der Waals surface area contributed by atoms with Crippen LogP contribution in [0.4, 0.5) is 0 Å². The van der Waals surface area contributed by atoms with Crippen LogP contribution in [0.15, 0.2) is 52.1 Å². The molecule has 1 unspecified atom stereocenters. The highest BCUT2D eigenvalue weighted by atomic mass is 16.5. The van der Waals surface area contributed by atoms with Crippen molar-refractivity contribution in [2.24, 2.45) is 0 Å². The number of hydrogen-bond acceptors (Lipinski definition) is 6. The molecule has 178 valence electrons. The van der Waals surface area contributed by atoms with Crippen LogP contribution in [-0.2, 0) is 4.79 Å². The van der Waals surface area contributed by atoms with Crippen molar-refractivity contribution in [1.29, 1.82) is 0 Å². The van der Waals surface area contributed by atoms with Crippen LogP contribution in [0.1, 0.15) is 61.5 Å². The maximum absolute atomic E-state index is 13.3. The summed E-state index contributed by atoms with van der Waals surface area (Å²) in [7, 11) is 0. The average molecular weight is 455 g/mol. The third kappa shape index (κ3) is 5.47. The summed E-state index contributed by atoms with van der Waals surface area (Å²) in [5.74, 6) is -0.103. The molecule has 0 saturated heterocycles. The van der Waals surface area contributed by atoms with E-state index in [-0.39, 0.29) is 11.3 Å². The van der Waals surface area contributed by atoms with Crippen LogP contribution in [-0.4, -0.2) is 59.4 Å². The van der Waals surface area contributed by atoms with Crippen LogP contribution in [0.2, 0.25) is 0 Å². The van der Waals surface area contributed by atoms with Crippen LogP contribution in [0, 0.1) is 6.92 Å². The van der Waals surface area contributed by atoms with E-state index in [4.69, 9.17) is 9.15 Å². The van der Waals surface area contributed by atoms with Gasteiger partial charge in [0.25, 0.3) is 5.91 Å². The Bertz CT molecular complexity index is 988. The fraction of sp³-hybridized carbons (Fsp3) is 0.462. The Hall–Kier alpha value is -3.06. The molecule has 1 amide bonds. The number of ether oxygens (including phenoxy) is 1. The minimum atomic E-state index is -0.698. The van der Waals surface area contributed by atoms with E-state index in [1.165, 1.54) is 0 Å². The Morgan fingerprint density at radius 2 is 1.82 bits per heavy atom. The number of aliphatic hydroxyl groups is 1. The van der Waals surface area contributed by atoms with Gasteiger partial charge in [-0.1, -0.05) is 39.3 Å². The lowest BCUT2D eigenvalue weighted by molar-refractivity contribution is -0.129. The molecule has 2 aromatic rings. The van der Waals surface area contributed by atoms with Gasteiger partial charge in [-0.2, -0.15) is 0 Å². The molecule has 1 aromatic carbocycles. The first kappa shape index (κ1) is 24.6. The lowest BCUT2D eigenvalue weighted by Gasteiger charge is -2.29. The molecule has 1 N–H and O–H groups in total. The normalized spacial score (nSPS) is 16.2. The van der Waals surface area contributed by atoms with Crippen molar-refractivity contribution in [3.05, 3.63) is 64.8 Å². The first-order valence-electron chi connectivity index (χ1n) is 11.7. The lowest BCUT2D eigenvalue weighted by atomic mass is 9.95. The van der Waals surface area contributed by atoms with Gasteiger partial charge in [0, 0.05) is 13.1 Å². The van der Waals surface area contributed by atoms with Crippen molar-refractivity contribution >= 4 is 11.7 Å². The summed E-state index contributed by atoms with van der Waals surface area (Å²) < 4.78 is 11.3. The Labute approximate surface area is 195 Å². The Morgan fingerprint density at radius 1 is 1.12 bits per heavy atom. The summed E-state index contributed by atoms with van der Waals surface area (Å²) in [6.07, 6.45) is 2.02. The first-order valence-corrected chi connectivity index (χ1v) is 11.7. The molecule has 1 atom stereocenters. The molecule has 33 heavy (non-hydrogen) atoms. The maximum Gasteiger partial charge on any atom is 0.290 e. The van der Waals surface area contributed by atoms with Gasteiger partial charge >= 0.3 is 0 Å². The lowest BCUT2D eigenvalue weighted by Crippen LogP contribution is -2.38. The summed E-state index contributed by atoms with van der Waals surface area (Å²) in [6, 6.07) is 9.95. The van der Waals surface area contributed by atoms with Crippen molar-refractivity contribution in [3.63, 3.8) is 0 Å². The van der Waals surface area contributed by atoms with E-state index >= 15 is 0 Å². The number of carbonyl (C=O) groups excluding carboxylic acids is 2. The fourth-order valence-corrected chi connectivity index (χ4v) is 4.02. The van der Waals surface area contributed by atoms with Crippen molar-refractivity contribution in [3.8, 4) is 5.75 Å². The Balaban J connectivity index is 1.94. The van der Waals surface area contributed by atoms with Gasteiger partial charge in [-0.3, -0.25) is 9.59 Å². The Morgan fingerprint density at radius 3 is 2.39 bits per heavy atom. The minimum Gasteiger partial charge on any atom is -0.503 e. The molecule has 0 spiro atoms. The topological polar surface area (TPSA) is 83.2 Å². The number of Topliss-reactive ketones (excluding diaryl/α,β-unsaturated/α-hetero) is 1. The standard InChI is InChI=1S/C26H34N2O5/c1-5-8-17-32-20-12-10-19(11-13-20)23-22(24(29)21-14-9-18(4)33-21)25(30)26(31)28(23)16-15-27(6-2)7-3/h9-14,23,30H,5-8,15-17H2,1-4H3. The van der Waals surface area contributed by atoms with Crippen LogP contribution in [0.5, 0.6) is 5.75 Å². The highest BCUT2D eigenvalue weighted by Gasteiger charge is 2.44. The molecule has 2 heterocycles. The van der Waals surface area contributed by atoms with E-state index < -0.39 is 23.5 Å². The van der Waals surface area contributed by atoms with Crippen LogP contribution in [0.25, 0.3) is 0 Å². The maximum atomic E-state index is 13.3. The number of furan rings is 1. The highest BCUT2D eigenvalue weighted by molar-refractivity contribution is 6.15. The summed E-state index contributed by atoms with van der Waals surface area (Å²) >= 11 is 0. The molecular formula is C26H34N2O5. The van der Waals surface area contributed by atoms with E-state index in [1.54, 1.807) is 24.0 Å². The molecule has 7 heteroatoms. The van der Waals surface area contributed by atoms with E-state index in [0.717, 1.165) is 37.2 Å². The van der Waals surface area contributed by atoms with Crippen LogP contribution in [0.3, 0.4) is 0 Å². The molecule has 0 aliphatic carbocycles. The third-order valence-corrected chi connectivity index (χ3v) is 6.03. The predicted molar refractivity (Wildman–Crippen MR) is 127 cm³/mol. The monoisotopic (exact) mass is 454 g/mol. The van der Waals surface area contributed by atoms with Gasteiger partial charge in [-0.25, -0.2) is 0 Å². The molecule has 3 rings (SSSR count). The van der Waals surface area contributed by atoms with Crippen molar-refractivity contribution < 1.29 is 23.8 Å². The van der Waals surface area contributed by atoms with Gasteiger partial charge in [0.15, 0.2) is 11.5 Å². The zero-order valence-corrected chi connectivity index (χ0v) is 20.0. The third-order valence-electron chi connectivity index (χ3n) is 6.03. The number of hydrogen-bond donors (Lipinski definition) is 1. The second kappa shape index (κ2) is 11.2. The summed E-state index contributed by atoms with van der Waals surface area (Å²) in [4.78, 5) is 30.1. The zero-order valence-electron chi connectivity index (χ0n) is 20.0. The molecule has 1 aliphatic heterocycles. The van der Waals surface area contributed by atoms with Gasteiger partial charge in [0.05, 0.1) is 18.2 Å². The number of rotatable bonds is 12. The van der Waals surface area contributed by atoms with E-state index in [2.05, 4.69) is 25.7 Å². The molecule has 0 bridgehead atoms. The van der Waals surface area contributed by atoms with Crippen LogP contribution < -0.4 is 4.74 Å². The first-order chi connectivity index (χ1) is 15.9. The van der Waals surface area contributed by atoms with Gasteiger partial charge in [-0.05, 0) is 56.3 Å². The molecule has 1 aromatic heterocycles. The van der Waals surface area contributed by atoms with Crippen molar-refractivity contribution in [1.82, 2.24) is 9.80 Å². The molecule has 0 radical (unpaired) electrons. The van der Waals surface area contributed by atoms with Gasteiger partial charge < -0.3 is 24.1 Å². The number of amides is 1. The smallest absolute Gasteiger partial charge is 0.290 e. The highest BCUT2D eigenvalue weighted by Crippen LogP contribution is 2.39. The number of aryl methyl sites for hydroxylation is 1. The summed E-state index contributed by atoms with van der Waals surface area (Å²) in [5, 5.41) is 10.8. The minimum absolute atomic E-state index is 0.0496. The van der Waals surface area contributed by atoms with E-state index in [1.807, 2.05) is 24.3 Å². The SMILES string of the molecule is CCCCOc1ccc(C2C(C(=O)c3ccc(C)o3)=C(O)C(=O)N2CCN(CC)CC)cc1. The van der Waals surface area contributed by atoms with Crippen molar-refractivity contribution in [2.45, 2.75) is 46.6 Å². The number of benzene rings is 1. The second-order valence-corrected chi connectivity index (χ2v) is 8.20. The number of carbonyl (C=O) groups is 2. The zero-order chi connectivity index (χ0) is 24.0. The van der Waals surface area contributed by atoms with Crippen LogP contribution >= 0.6 is 0 Å². The molecular weight excluding hydrogens is 420 g/mol. The van der Waals surface area contributed by atoms with Gasteiger partial charge in [-0.15, -0.1) is 0 Å². The van der Waals surface area contributed by atoms with E-state index in [0.29, 0.717) is 25.5 Å². The summed E-state index contributed by atoms with van der Waals surface area (Å²) in [5.41, 5.74) is 0.787. The predicted octanol–water partition coefficient (Wildman–Crippen LogP) is 4.69. The van der Waals surface area contributed by atoms with E-state index in [9.17, 15) is 14.7 Å². The molecule has 0 saturated carbocycles. The fourth-order valence-electron chi connectivity index (χ4n) is 4.02. The number of likely N-dealkylation sites (N-methyl/N-ethyl adjacent to an activating group) is 1. The molecule has 0 fully saturated rings. The number of unbranched alkanes of at least 4 members (excludes halogenated alkanes) is 1. The molecule has 7 nitrogen and oxygen atoms in total. The van der Waals surface area contributed by atoms with Gasteiger partial charge in [0.2, 0.25) is 5.78 Å². The summed E-state index contributed by atoms with van der Waals surface area (Å²) in [6.45, 7) is 11.3. The quantitative estimate of drug-likeness (QED) is 0.370.